The third kappa shape index (κ3) is 2.45. The van der Waals surface area contributed by atoms with Gasteiger partial charge in [-0.25, -0.2) is 0 Å². The topological polar surface area (TPSA) is 83.5 Å². The predicted molar refractivity (Wildman–Crippen MR) is 47.3 cm³/mol. The Labute approximate surface area is 75.6 Å². The van der Waals surface area contributed by atoms with Crippen LogP contribution in [0.4, 0.5) is 0 Å². The van der Waals surface area contributed by atoms with E-state index in [0.29, 0.717) is 5.56 Å². The maximum Gasteiger partial charge on any atom is 0.307 e. The van der Waals surface area contributed by atoms with E-state index < -0.39 is 5.97 Å². The second-order valence-corrected chi connectivity index (χ2v) is 2.73. The normalized spacial score (nSPS) is 9.92. The quantitative estimate of drug-likeness (QED) is 0.633. The van der Waals surface area contributed by atoms with Gasteiger partial charge in [0, 0.05) is 6.54 Å². The van der Waals surface area contributed by atoms with Crippen molar-refractivity contribution in [3.05, 3.63) is 29.3 Å². The Bertz CT molecular complexity index is 323. The van der Waals surface area contributed by atoms with Crippen LogP contribution in [-0.2, 0) is 17.8 Å². The van der Waals surface area contributed by atoms with Crippen molar-refractivity contribution in [1.29, 1.82) is 0 Å². The monoisotopic (exact) mass is 181 g/mol. The summed E-state index contributed by atoms with van der Waals surface area (Å²) in [5.74, 6) is -0.867. The lowest BCUT2D eigenvalue weighted by Crippen LogP contribution is -2.06. The molecular weight excluding hydrogens is 170 g/mol. The molecule has 0 aliphatic rings. The number of carbonyl (C=O) groups is 1. The highest BCUT2D eigenvalue weighted by molar-refractivity contribution is 5.71. The highest BCUT2D eigenvalue weighted by Gasteiger charge is 2.06. The van der Waals surface area contributed by atoms with Crippen LogP contribution in [0.15, 0.2) is 18.2 Å². The summed E-state index contributed by atoms with van der Waals surface area (Å²) in [6.07, 6.45) is -0.110. The van der Waals surface area contributed by atoms with Crippen molar-refractivity contribution < 1.29 is 15.0 Å². The molecule has 1 aromatic rings. The number of phenolic OH excluding ortho intramolecular Hbond substituents is 1. The van der Waals surface area contributed by atoms with Gasteiger partial charge in [0.25, 0.3) is 0 Å². The van der Waals surface area contributed by atoms with Gasteiger partial charge in [-0.2, -0.15) is 0 Å². The smallest absolute Gasteiger partial charge is 0.307 e. The Morgan fingerprint density at radius 1 is 1.38 bits per heavy atom. The maximum atomic E-state index is 10.4. The molecule has 70 valence electrons. The van der Waals surface area contributed by atoms with Gasteiger partial charge in [-0.3, -0.25) is 4.79 Å². The van der Waals surface area contributed by atoms with Gasteiger partial charge in [0.15, 0.2) is 0 Å². The van der Waals surface area contributed by atoms with Gasteiger partial charge < -0.3 is 15.9 Å². The minimum Gasteiger partial charge on any atom is -0.508 e. The summed E-state index contributed by atoms with van der Waals surface area (Å²) in [5, 5.41) is 17.7. The molecule has 0 radical (unpaired) electrons. The lowest BCUT2D eigenvalue weighted by Gasteiger charge is -2.05. The molecule has 4 nitrogen and oxygen atoms in total. The molecule has 0 aromatic heterocycles. The molecule has 0 atom stereocenters. The molecule has 0 saturated heterocycles. The van der Waals surface area contributed by atoms with E-state index >= 15 is 0 Å². The first-order valence-electron chi connectivity index (χ1n) is 3.86. The average molecular weight is 181 g/mol. The molecule has 0 aliphatic heterocycles. The van der Waals surface area contributed by atoms with Crippen molar-refractivity contribution in [1.82, 2.24) is 0 Å². The molecule has 1 aromatic carbocycles. The van der Waals surface area contributed by atoms with Crippen molar-refractivity contribution in [3.63, 3.8) is 0 Å². The summed E-state index contributed by atoms with van der Waals surface area (Å²) in [5.41, 5.74) is 6.72. The summed E-state index contributed by atoms with van der Waals surface area (Å²) >= 11 is 0. The number of rotatable bonds is 3. The Kier molecular flexibility index (Phi) is 2.87. The third-order valence-electron chi connectivity index (χ3n) is 1.75. The fourth-order valence-electron chi connectivity index (χ4n) is 1.14. The highest BCUT2D eigenvalue weighted by Crippen LogP contribution is 2.16. The van der Waals surface area contributed by atoms with Gasteiger partial charge in [-0.15, -0.1) is 0 Å². The minimum atomic E-state index is -0.930. The molecule has 0 amide bonds. The standard InChI is InChI=1S/C9H11NO3/c10-5-6-1-2-8(11)3-7(6)4-9(12)13/h1-3,11H,4-5,10H2,(H,12,13). The Morgan fingerprint density at radius 2 is 2.08 bits per heavy atom. The second-order valence-electron chi connectivity index (χ2n) is 2.73. The Hall–Kier alpha value is -1.55. The predicted octanol–water partition coefficient (Wildman–Crippen LogP) is 0.478. The van der Waals surface area contributed by atoms with Crippen LogP contribution in [-0.4, -0.2) is 16.2 Å². The van der Waals surface area contributed by atoms with Crippen molar-refractivity contribution in [3.8, 4) is 5.75 Å². The molecule has 0 bridgehead atoms. The molecule has 0 heterocycles. The van der Waals surface area contributed by atoms with Crippen LogP contribution in [0.3, 0.4) is 0 Å². The zero-order valence-corrected chi connectivity index (χ0v) is 7.03. The van der Waals surface area contributed by atoms with E-state index in [1.54, 1.807) is 6.07 Å². The van der Waals surface area contributed by atoms with E-state index in [2.05, 4.69) is 0 Å². The fourth-order valence-corrected chi connectivity index (χ4v) is 1.14. The second kappa shape index (κ2) is 3.91. The molecule has 0 fully saturated rings. The SMILES string of the molecule is NCc1ccc(O)cc1CC(=O)O. The zero-order chi connectivity index (χ0) is 9.84. The number of nitrogens with two attached hydrogens (primary N) is 1. The average Bonchev–Trinajstić information content (AvgIpc) is 2.03. The van der Waals surface area contributed by atoms with Crippen LogP contribution in [0.1, 0.15) is 11.1 Å². The number of aliphatic carboxylic acids is 1. The van der Waals surface area contributed by atoms with E-state index in [0.717, 1.165) is 5.56 Å². The van der Waals surface area contributed by atoms with Gasteiger partial charge in [0.2, 0.25) is 0 Å². The molecule has 0 unspecified atom stereocenters. The molecule has 0 spiro atoms. The summed E-state index contributed by atoms with van der Waals surface area (Å²) in [7, 11) is 0. The lowest BCUT2D eigenvalue weighted by molar-refractivity contribution is -0.136. The summed E-state index contributed by atoms with van der Waals surface area (Å²) in [4.78, 5) is 10.4. The first-order valence-corrected chi connectivity index (χ1v) is 3.86. The largest absolute Gasteiger partial charge is 0.508 e. The van der Waals surface area contributed by atoms with Crippen LogP contribution in [0.2, 0.25) is 0 Å². The van der Waals surface area contributed by atoms with Crippen molar-refractivity contribution in [2.24, 2.45) is 5.73 Å². The summed E-state index contributed by atoms with van der Waals surface area (Å²) < 4.78 is 0. The molecule has 0 saturated carbocycles. The van der Waals surface area contributed by atoms with Crippen LogP contribution < -0.4 is 5.73 Å². The summed E-state index contributed by atoms with van der Waals surface area (Å²) in [6.45, 7) is 0.281. The first-order chi connectivity index (χ1) is 6.13. The van der Waals surface area contributed by atoms with Gasteiger partial charge >= 0.3 is 5.97 Å². The van der Waals surface area contributed by atoms with Crippen LogP contribution in [0.5, 0.6) is 5.75 Å². The van der Waals surface area contributed by atoms with Gasteiger partial charge in [-0.05, 0) is 23.3 Å². The van der Waals surface area contributed by atoms with Crippen molar-refractivity contribution >= 4 is 5.97 Å². The number of carboxylic acids is 1. The van der Waals surface area contributed by atoms with Gasteiger partial charge in [0.1, 0.15) is 5.75 Å². The first kappa shape index (κ1) is 9.54. The van der Waals surface area contributed by atoms with E-state index in [-0.39, 0.29) is 18.7 Å². The van der Waals surface area contributed by atoms with Gasteiger partial charge in [-0.1, -0.05) is 6.07 Å². The maximum absolute atomic E-state index is 10.4. The lowest BCUT2D eigenvalue weighted by atomic mass is 10.0. The number of phenols is 1. The van der Waals surface area contributed by atoms with Crippen LogP contribution in [0.25, 0.3) is 0 Å². The Balaban J connectivity index is 3.01. The fraction of sp³-hybridized carbons (Fsp3) is 0.222. The molecular formula is C9H11NO3. The van der Waals surface area contributed by atoms with E-state index in [1.807, 2.05) is 0 Å². The Morgan fingerprint density at radius 3 is 2.62 bits per heavy atom. The number of hydrogen-bond acceptors (Lipinski definition) is 3. The molecule has 4 N–H and O–H groups in total. The minimum absolute atomic E-state index is 0.0634. The molecule has 13 heavy (non-hydrogen) atoms. The molecule has 1 rings (SSSR count). The highest BCUT2D eigenvalue weighted by atomic mass is 16.4. The van der Waals surface area contributed by atoms with E-state index in [4.69, 9.17) is 15.9 Å². The zero-order valence-electron chi connectivity index (χ0n) is 7.03. The van der Waals surface area contributed by atoms with E-state index in [9.17, 15) is 4.79 Å². The van der Waals surface area contributed by atoms with Crippen molar-refractivity contribution in [2.45, 2.75) is 13.0 Å². The molecule has 4 heteroatoms. The third-order valence-corrected chi connectivity index (χ3v) is 1.75. The number of aromatic hydroxyl groups is 1. The number of hydrogen-bond donors (Lipinski definition) is 3. The number of benzene rings is 1. The number of carboxylic acid groups (broad SMARTS) is 1. The van der Waals surface area contributed by atoms with Crippen LogP contribution >= 0.6 is 0 Å². The van der Waals surface area contributed by atoms with Crippen LogP contribution in [0, 0.1) is 0 Å². The molecule has 0 aliphatic carbocycles. The van der Waals surface area contributed by atoms with Crippen molar-refractivity contribution in [2.75, 3.05) is 0 Å². The van der Waals surface area contributed by atoms with Gasteiger partial charge in [0.05, 0.1) is 6.42 Å². The van der Waals surface area contributed by atoms with E-state index in [1.165, 1.54) is 12.1 Å². The summed E-state index contributed by atoms with van der Waals surface area (Å²) in [6, 6.07) is 4.55.